The maximum absolute atomic E-state index is 4.09. The second kappa shape index (κ2) is 4.23. The second-order valence-electron chi connectivity index (χ2n) is 3.87. The van der Waals surface area contributed by atoms with E-state index < -0.39 is 0 Å². The van der Waals surface area contributed by atoms with E-state index in [-0.39, 0.29) is 0 Å². The first kappa shape index (κ1) is 9.86. The first-order valence-corrected chi connectivity index (χ1v) is 5.77. The largest absolute Gasteiger partial charge is 0.359 e. The van der Waals surface area contributed by atoms with E-state index in [0.29, 0.717) is 6.04 Å². The van der Waals surface area contributed by atoms with Crippen molar-refractivity contribution in [3.05, 3.63) is 6.33 Å². The molecule has 0 aliphatic heterocycles. The molecule has 0 radical (unpaired) electrons. The molecule has 0 aromatic carbocycles. The SMILES string of the molecule is CC(CNc1ncns1)N(C)C1CC1. The molecule has 2 rings (SSSR count). The summed E-state index contributed by atoms with van der Waals surface area (Å²) in [5.41, 5.74) is 0. The summed E-state index contributed by atoms with van der Waals surface area (Å²) in [6, 6.07) is 1.38. The van der Waals surface area contributed by atoms with Crippen molar-refractivity contribution in [1.82, 2.24) is 14.3 Å². The molecule has 1 aliphatic rings. The summed E-state index contributed by atoms with van der Waals surface area (Å²) in [6.07, 6.45) is 4.31. The Bertz CT molecular complexity index is 270. The van der Waals surface area contributed by atoms with E-state index in [2.05, 4.69) is 33.5 Å². The third kappa shape index (κ3) is 2.42. The second-order valence-corrected chi connectivity index (χ2v) is 4.65. The van der Waals surface area contributed by atoms with Crippen LogP contribution in [-0.4, -0.2) is 39.9 Å². The lowest BCUT2D eigenvalue weighted by molar-refractivity contribution is 0.257. The Kier molecular flexibility index (Phi) is 2.98. The molecule has 1 heterocycles. The van der Waals surface area contributed by atoms with Gasteiger partial charge in [0.2, 0.25) is 5.13 Å². The van der Waals surface area contributed by atoms with Crippen molar-refractivity contribution in [1.29, 1.82) is 0 Å². The molecule has 1 aromatic heterocycles. The number of hydrogen-bond acceptors (Lipinski definition) is 5. The highest BCUT2D eigenvalue weighted by atomic mass is 32.1. The Morgan fingerprint density at radius 3 is 3.07 bits per heavy atom. The van der Waals surface area contributed by atoms with Gasteiger partial charge in [0.25, 0.3) is 0 Å². The van der Waals surface area contributed by atoms with E-state index in [1.165, 1.54) is 24.4 Å². The monoisotopic (exact) mass is 212 g/mol. The molecule has 0 spiro atoms. The van der Waals surface area contributed by atoms with Crippen LogP contribution in [-0.2, 0) is 0 Å². The van der Waals surface area contributed by atoms with Gasteiger partial charge in [-0.3, -0.25) is 4.90 Å². The van der Waals surface area contributed by atoms with Crippen LogP contribution in [0.25, 0.3) is 0 Å². The molecule has 0 amide bonds. The first-order chi connectivity index (χ1) is 6.77. The van der Waals surface area contributed by atoms with Crippen molar-refractivity contribution >= 4 is 16.7 Å². The van der Waals surface area contributed by atoms with Crippen LogP contribution < -0.4 is 5.32 Å². The Balaban J connectivity index is 1.74. The molecule has 0 bridgehead atoms. The van der Waals surface area contributed by atoms with Gasteiger partial charge in [-0.2, -0.15) is 4.37 Å². The quantitative estimate of drug-likeness (QED) is 0.801. The summed E-state index contributed by atoms with van der Waals surface area (Å²) in [5, 5.41) is 4.21. The van der Waals surface area contributed by atoms with Crippen molar-refractivity contribution in [2.45, 2.75) is 31.8 Å². The van der Waals surface area contributed by atoms with E-state index >= 15 is 0 Å². The summed E-state index contributed by atoms with van der Waals surface area (Å²) in [6.45, 7) is 3.19. The maximum Gasteiger partial charge on any atom is 0.202 e. The molecule has 1 fully saturated rings. The Morgan fingerprint density at radius 1 is 1.71 bits per heavy atom. The topological polar surface area (TPSA) is 41.1 Å². The summed E-state index contributed by atoms with van der Waals surface area (Å²) in [4.78, 5) is 6.52. The van der Waals surface area contributed by atoms with Crippen LogP contribution in [0.3, 0.4) is 0 Å². The van der Waals surface area contributed by atoms with Gasteiger partial charge in [0.15, 0.2) is 0 Å². The zero-order valence-corrected chi connectivity index (χ0v) is 9.42. The van der Waals surface area contributed by atoms with Gasteiger partial charge in [-0.05, 0) is 26.8 Å². The average molecular weight is 212 g/mol. The van der Waals surface area contributed by atoms with Crippen LogP contribution in [0.15, 0.2) is 6.33 Å². The number of anilines is 1. The molecule has 78 valence electrons. The summed E-state index contributed by atoms with van der Waals surface area (Å²) in [7, 11) is 2.20. The minimum Gasteiger partial charge on any atom is -0.359 e. The van der Waals surface area contributed by atoms with E-state index in [0.717, 1.165) is 17.7 Å². The molecular formula is C9H16N4S. The predicted molar refractivity (Wildman–Crippen MR) is 58.6 cm³/mol. The van der Waals surface area contributed by atoms with Gasteiger partial charge in [-0.15, -0.1) is 0 Å². The van der Waals surface area contributed by atoms with Gasteiger partial charge in [0, 0.05) is 30.2 Å². The fourth-order valence-electron chi connectivity index (χ4n) is 1.47. The van der Waals surface area contributed by atoms with E-state index in [9.17, 15) is 0 Å². The normalized spacial score (nSPS) is 18.5. The summed E-state index contributed by atoms with van der Waals surface area (Å²) in [5.74, 6) is 0. The van der Waals surface area contributed by atoms with E-state index in [1.807, 2.05) is 0 Å². The highest BCUT2D eigenvalue weighted by molar-refractivity contribution is 7.09. The van der Waals surface area contributed by atoms with Gasteiger partial charge in [0.1, 0.15) is 6.33 Å². The molecule has 1 atom stereocenters. The Morgan fingerprint density at radius 2 is 2.50 bits per heavy atom. The standard InChI is InChI=1S/C9H16N4S/c1-7(13(2)8-3-4-8)5-10-9-11-6-12-14-9/h6-8H,3-5H2,1-2H3,(H,10,11,12). The fraction of sp³-hybridized carbons (Fsp3) is 0.778. The number of rotatable bonds is 5. The van der Waals surface area contributed by atoms with Crippen LogP contribution >= 0.6 is 11.5 Å². The molecular weight excluding hydrogens is 196 g/mol. The number of hydrogen-bond donors (Lipinski definition) is 1. The van der Waals surface area contributed by atoms with Gasteiger partial charge in [0.05, 0.1) is 0 Å². The minimum atomic E-state index is 0.561. The third-order valence-corrected chi connectivity index (χ3v) is 3.35. The molecule has 0 saturated heterocycles. The number of aromatic nitrogens is 2. The number of nitrogens with one attached hydrogen (secondary N) is 1. The molecule has 1 aromatic rings. The Hall–Kier alpha value is -0.680. The molecule has 4 nitrogen and oxygen atoms in total. The minimum absolute atomic E-state index is 0.561. The van der Waals surface area contributed by atoms with E-state index in [4.69, 9.17) is 0 Å². The molecule has 1 aliphatic carbocycles. The molecule has 14 heavy (non-hydrogen) atoms. The number of nitrogens with zero attached hydrogens (tertiary/aromatic N) is 3. The zero-order chi connectivity index (χ0) is 9.97. The predicted octanol–water partition coefficient (Wildman–Crippen LogP) is 1.43. The molecule has 5 heteroatoms. The highest BCUT2D eigenvalue weighted by Gasteiger charge is 2.28. The van der Waals surface area contributed by atoms with E-state index in [1.54, 1.807) is 6.33 Å². The van der Waals surface area contributed by atoms with Gasteiger partial charge in [-0.25, -0.2) is 4.98 Å². The lowest BCUT2D eigenvalue weighted by Crippen LogP contribution is -2.36. The maximum atomic E-state index is 4.09. The van der Waals surface area contributed by atoms with Crippen molar-refractivity contribution in [2.75, 3.05) is 18.9 Å². The smallest absolute Gasteiger partial charge is 0.202 e. The molecule has 1 N–H and O–H groups in total. The summed E-state index contributed by atoms with van der Waals surface area (Å²) < 4.78 is 3.95. The molecule has 1 saturated carbocycles. The van der Waals surface area contributed by atoms with Crippen LogP contribution in [0.5, 0.6) is 0 Å². The van der Waals surface area contributed by atoms with Gasteiger partial charge in [-0.1, -0.05) is 0 Å². The van der Waals surface area contributed by atoms with Crippen molar-refractivity contribution in [3.8, 4) is 0 Å². The lowest BCUT2D eigenvalue weighted by atomic mass is 10.3. The van der Waals surface area contributed by atoms with Crippen molar-refractivity contribution < 1.29 is 0 Å². The van der Waals surface area contributed by atoms with Gasteiger partial charge < -0.3 is 5.32 Å². The lowest BCUT2D eigenvalue weighted by Gasteiger charge is -2.24. The van der Waals surface area contributed by atoms with Crippen molar-refractivity contribution in [2.24, 2.45) is 0 Å². The highest BCUT2D eigenvalue weighted by Crippen LogP contribution is 2.26. The molecule has 1 unspecified atom stereocenters. The van der Waals surface area contributed by atoms with Crippen molar-refractivity contribution in [3.63, 3.8) is 0 Å². The third-order valence-electron chi connectivity index (χ3n) is 2.73. The van der Waals surface area contributed by atoms with Gasteiger partial charge >= 0.3 is 0 Å². The number of likely N-dealkylation sites (N-methyl/N-ethyl adjacent to an activating group) is 1. The Labute approximate surface area is 88.5 Å². The fourth-order valence-corrected chi connectivity index (χ4v) is 1.91. The first-order valence-electron chi connectivity index (χ1n) is 5.00. The summed E-state index contributed by atoms with van der Waals surface area (Å²) >= 11 is 1.41. The van der Waals surface area contributed by atoms with Crippen LogP contribution in [0.1, 0.15) is 19.8 Å². The van der Waals surface area contributed by atoms with Crippen LogP contribution in [0.4, 0.5) is 5.13 Å². The van der Waals surface area contributed by atoms with Crippen LogP contribution in [0, 0.1) is 0 Å². The average Bonchev–Trinajstić information content (AvgIpc) is 2.91. The van der Waals surface area contributed by atoms with Crippen LogP contribution in [0.2, 0.25) is 0 Å². The zero-order valence-electron chi connectivity index (χ0n) is 8.60.